The summed E-state index contributed by atoms with van der Waals surface area (Å²) in [6, 6.07) is 0.339. The first-order chi connectivity index (χ1) is 8.74. The highest BCUT2D eigenvalue weighted by molar-refractivity contribution is 5.86. The number of anilines is 2. The molecular formula is C11H16N6O. The van der Waals surface area contributed by atoms with E-state index in [-0.39, 0.29) is 5.95 Å². The summed E-state index contributed by atoms with van der Waals surface area (Å²) in [7, 11) is 0. The fraction of sp³-hybridized carbons (Fsp3) is 0.545. The van der Waals surface area contributed by atoms with Crippen LogP contribution < -0.4 is 11.1 Å². The number of hydrogen-bond acceptors (Lipinski definition) is 6. The average Bonchev–Trinajstić information content (AvgIpc) is 2.80. The van der Waals surface area contributed by atoms with Gasteiger partial charge in [0.1, 0.15) is 5.82 Å². The number of nitrogens with one attached hydrogen (secondary N) is 2. The van der Waals surface area contributed by atoms with Crippen molar-refractivity contribution in [1.82, 2.24) is 20.2 Å². The van der Waals surface area contributed by atoms with Crippen LogP contribution in [0.4, 0.5) is 11.8 Å². The Balaban J connectivity index is 1.91. The maximum Gasteiger partial charge on any atom is 0.224 e. The second kappa shape index (κ2) is 4.41. The van der Waals surface area contributed by atoms with Crippen LogP contribution in [0.15, 0.2) is 6.20 Å². The summed E-state index contributed by atoms with van der Waals surface area (Å²) in [6.45, 7) is 3.71. The second-order valence-electron chi connectivity index (χ2n) is 4.65. The number of H-pyrrole nitrogens is 1. The van der Waals surface area contributed by atoms with E-state index in [0.717, 1.165) is 30.8 Å². The second-order valence-corrected chi connectivity index (χ2v) is 4.65. The number of fused-ring (bicyclic) bond motifs is 1. The van der Waals surface area contributed by atoms with E-state index in [4.69, 9.17) is 10.5 Å². The molecule has 0 aromatic carbocycles. The number of hydrogen-bond donors (Lipinski definition) is 3. The molecule has 0 saturated carbocycles. The number of nitrogens with two attached hydrogens (primary N) is 1. The highest BCUT2D eigenvalue weighted by Crippen LogP contribution is 2.23. The van der Waals surface area contributed by atoms with Crippen molar-refractivity contribution in [2.75, 3.05) is 24.3 Å². The Morgan fingerprint density at radius 2 is 2.39 bits per heavy atom. The van der Waals surface area contributed by atoms with Gasteiger partial charge in [-0.2, -0.15) is 15.1 Å². The molecule has 1 saturated heterocycles. The van der Waals surface area contributed by atoms with Crippen molar-refractivity contribution in [3.8, 4) is 0 Å². The zero-order valence-corrected chi connectivity index (χ0v) is 10.2. The van der Waals surface area contributed by atoms with E-state index in [9.17, 15) is 0 Å². The molecule has 0 spiro atoms. The number of aromatic amines is 1. The smallest absolute Gasteiger partial charge is 0.224 e. The Morgan fingerprint density at radius 1 is 1.50 bits per heavy atom. The lowest BCUT2D eigenvalue weighted by Crippen LogP contribution is -2.36. The lowest BCUT2D eigenvalue weighted by Gasteiger charge is -2.30. The van der Waals surface area contributed by atoms with Crippen LogP contribution in [0.5, 0.6) is 0 Å². The van der Waals surface area contributed by atoms with E-state index >= 15 is 0 Å². The molecule has 3 heterocycles. The normalized spacial score (nSPS) is 24.3. The third-order valence-electron chi connectivity index (χ3n) is 3.29. The molecule has 3 rings (SSSR count). The molecule has 2 aromatic heterocycles. The van der Waals surface area contributed by atoms with Gasteiger partial charge < -0.3 is 15.8 Å². The lowest BCUT2D eigenvalue weighted by molar-refractivity contribution is 0.0537. The number of nitrogen functional groups attached to an aromatic ring is 1. The van der Waals surface area contributed by atoms with Gasteiger partial charge in [0.15, 0.2) is 5.65 Å². The molecule has 2 atom stereocenters. The largest absolute Gasteiger partial charge is 0.381 e. The van der Waals surface area contributed by atoms with Crippen LogP contribution in [0, 0.1) is 5.92 Å². The van der Waals surface area contributed by atoms with E-state index in [0.29, 0.717) is 17.6 Å². The van der Waals surface area contributed by atoms with Crippen LogP contribution in [-0.2, 0) is 4.74 Å². The van der Waals surface area contributed by atoms with E-state index in [1.54, 1.807) is 6.20 Å². The fourth-order valence-electron chi connectivity index (χ4n) is 2.23. The summed E-state index contributed by atoms with van der Waals surface area (Å²) in [6.07, 6.45) is 2.67. The summed E-state index contributed by atoms with van der Waals surface area (Å²) >= 11 is 0. The average molecular weight is 248 g/mol. The van der Waals surface area contributed by atoms with Crippen LogP contribution in [-0.4, -0.2) is 39.4 Å². The van der Waals surface area contributed by atoms with Gasteiger partial charge in [0.05, 0.1) is 18.2 Å². The van der Waals surface area contributed by atoms with Gasteiger partial charge in [-0.25, -0.2) is 0 Å². The molecule has 0 amide bonds. The van der Waals surface area contributed by atoms with Crippen molar-refractivity contribution in [2.24, 2.45) is 5.92 Å². The molecule has 7 heteroatoms. The van der Waals surface area contributed by atoms with Crippen LogP contribution in [0.25, 0.3) is 11.0 Å². The Hall–Kier alpha value is -1.89. The van der Waals surface area contributed by atoms with Crippen molar-refractivity contribution in [3.05, 3.63) is 6.20 Å². The maximum absolute atomic E-state index is 5.69. The summed E-state index contributed by atoms with van der Waals surface area (Å²) in [4.78, 5) is 8.35. The van der Waals surface area contributed by atoms with Crippen molar-refractivity contribution >= 4 is 22.8 Å². The molecular weight excluding hydrogens is 232 g/mol. The molecule has 1 fully saturated rings. The summed E-state index contributed by atoms with van der Waals surface area (Å²) in [5.74, 6) is 1.43. The minimum absolute atomic E-state index is 0.244. The van der Waals surface area contributed by atoms with Crippen LogP contribution in [0.1, 0.15) is 13.3 Å². The Kier molecular flexibility index (Phi) is 2.75. The van der Waals surface area contributed by atoms with E-state index < -0.39 is 0 Å². The minimum atomic E-state index is 0.244. The lowest BCUT2D eigenvalue weighted by atomic mass is 9.98. The number of rotatable bonds is 2. The van der Waals surface area contributed by atoms with Gasteiger partial charge in [0.25, 0.3) is 0 Å². The van der Waals surface area contributed by atoms with E-state index in [2.05, 4.69) is 32.4 Å². The molecule has 4 N–H and O–H groups in total. The zero-order valence-electron chi connectivity index (χ0n) is 10.2. The highest BCUT2D eigenvalue weighted by Gasteiger charge is 2.23. The van der Waals surface area contributed by atoms with Crippen molar-refractivity contribution < 1.29 is 4.74 Å². The number of ether oxygens (including phenoxy) is 1. The van der Waals surface area contributed by atoms with Crippen molar-refractivity contribution in [3.63, 3.8) is 0 Å². The quantitative estimate of drug-likeness (QED) is 0.725. The Morgan fingerprint density at radius 3 is 3.22 bits per heavy atom. The Labute approximate surface area is 104 Å². The standard InChI is InChI=1S/C11H16N6O/c1-6-5-18-3-2-8(6)14-9-7-4-13-17-10(7)16-11(12)15-9/h4,6,8H,2-3,5H2,1H3,(H4,12,13,14,15,16,17). The SMILES string of the molecule is CC1COCCC1Nc1nc(N)nc2[nH]ncc12. The fourth-order valence-corrected chi connectivity index (χ4v) is 2.23. The van der Waals surface area contributed by atoms with Gasteiger partial charge in [0.2, 0.25) is 5.95 Å². The molecule has 2 aromatic rings. The first kappa shape index (κ1) is 11.2. The molecule has 96 valence electrons. The van der Waals surface area contributed by atoms with E-state index in [1.807, 2.05) is 0 Å². The number of nitrogens with zero attached hydrogens (tertiary/aromatic N) is 3. The predicted molar refractivity (Wildman–Crippen MR) is 68.1 cm³/mol. The molecule has 0 radical (unpaired) electrons. The first-order valence-electron chi connectivity index (χ1n) is 6.05. The molecule has 1 aliphatic heterocycles. The van der Waals surface area contributed by atoms with Crippen LogP contribution >= 0.6 is 0 Å². The van der Waals surface area contributed by atoms with Crippen molar-refractivity contribution in [1.29, 1.82) is 0 Å². The van der Waals surface area contributed by atoms with Crippen molar-refractivity contribution in [2.45, 2.75) is 19.4 Å². The molecule has 1 aliphatic rings. The molecule has 18 heavy (non-hydrogen) atoms. The van der Waals surface area contributed by atoms with Gasteiger partial charge in [-0.05, 0) is 12.3 Å². The summed E-state index contributed by atoms with van der Waals surface area (Å²) < 4.78 is 5.43. The van der Waals surface area contributed by atoms with Crippen LogP contribution in [0.2, 0.25) is 0 Å². The van der Waals surface area contributed by atoms with Gasteiger partial charge in [-0.15, -0.1) is 0 Å². The zero-order chi connectivity index (χ0) is 12.5. The first-order valence-corrected chi connectivity index (χ1v) is 6.05. The molecule has 0 bridgehead atoms. The van der Waals surface area contributed by atoms with Crippen LogP contribution in [0.3, 0.4) is 0 Å². The van der Waals surface area contributed by atoms with Gasteiger partial charge in [-0.1, -0.05) is 6.92 Å². The topological polar surface area (TPSA) is 102 Å². The van der Waals surface area contributed by atoms with Gasteiger partial charge >= 0.3 is 0 Å². The maximum atomic E-state index is 5.69. The molecule has 7 nitrogen and oxygen atoms in total. The highest BCUT2D eigenvalue weighted by atomic mass is 16.5. The third kappa shape index (κ3) is 1.97. The summed E-state index contributed by atoms with van der Waals surface area (Å²) in [5.41, 5.74) is 6.35. The molecule has 2 unspecified atom stereocenters. The summed E-state index contributed by atoms with van der Waals surface area (Å²) in [5, 5.41) is 11.1. The third-order valence-corrected chi connectivity index (χ3v) is 3.29. The minimum Gasteiger partial charge on any atom is -0.381 e. The van der Waals surface area contributed by atoms with Gasteiger partial charge in [-0.3, -0.25) is 5.10 Å². The predicted octanol–water partition coefficient (Wildman–Crippen LogP) is 0.772. The monoisotopic (exact) mass is 248 g/mol. The number of aromatic nitrogens is 4. The Bertz CT molecular complexity index is 553. The van der Waals surface area contributed by atoms with E-state index in [1.165, 1.54) is 0 Å². The molecule has 0 aliphatic carbocycles. The van der Waals surface area contributed by atoms with Gasteiger partial charge in [0, 0.05) is 12.6 Å².